The van der Waals surface area contributed by atoms with Crippen LogP contribution in [0.15, 0.2) is 18.2 Å². The fourth-order valence-electron chi connectivity index (χ4n) is 2.33. The molecular formula is C13H11Cl2N3O2. The summed E-state index contributed by atoms with van der Waals surface area (Å²) in [6, 6.07) is 5.07. The van der Waals surface area contributed by atoms with Crippen molar-refractivity contribution in [1.29, 1.82) is 0 Å². The van der Waals surface area contributed by atoms with Crippen LogP contribution >= 0.6 is 23.2 Å². The first-order valence-electron chi connectivity index (χ1n) is 6.18. The molecule has 0 radical (unpaired) electrons. The van der Waals surface area contributed by atoms with Crippen molar-refractivity contribution >= 4 is 29.5 Å². The highest BCUT2D eigenvalue weighted by molar-refractivity contribution is 6.34. The minimum Gasteiger partial charge on any atom is -0.372 e. The van der Waals surface area contributed by atoms with Gasteiger partial charge < -0.3 is 4.74 Å². The van der Waals surface area contributed by atoms with Crippen molar-refractivity contribution in [3.05, 3.63) is 39.6 Å². The first-order valence-corrected chi connectivity index (χ1v) is 6.93. The van der Waals surface area contributed by atoms with Gasteiger partial charge in [0.2, 0.25) is 0 Å². The summed E-state index contributed by atoms with van der Waals surface area (Å²) in [7, 11) is 0. The lowest BCUT2D eigenvalue weighted by atomic mass is 10.1. The topological polar surface area (TPSA) is 57.0 Å². The van der Waals surface area contributed by atoms with Gasteiger partial charge in [-0.05, 0) is 31.0 Å². The molecule has 0 aliphatic carbocycles. The van der Waals surface area contributed by atoms with Crippen molar-refractivity contribution in [2.75, 3.05) is 6.61 Å². The second-order valence-corrected chi connectivity index (χ2v) is 5.39. The van der Waals surface area contributed by atoms with Crippen LogP contribution < -0.4 is 0 Å². The predicted octanol–water partition coefficient (Wildman–Crippen LogP) is 3.24. The molecule has 1 aromatic heterocycles. The Bertz CT molecular complexity index is 631. The zero-order chi connectivity index (χ0) is 14.1. The fraction of sp³-hybridized carbons (Fsp3) is 0.308. The fourth-order valence-corrected chi connectivity index (χ4v) is 2.85. The van der Waals surface area contributed by atoms with E-state index in [0.717, 1.165) is 12.8 Å². The summed E-state index contributed by atoms with van der Waals surface area (Å²) in [5.41, 5.74) is 1.59. The van der Waals surface area contributed by atoms with Crippen LogP contribution in [0.5, 0.6) is 0 Å². The molecule has 1 aliphatic rings. The van der Waals surface area contributed by atoms with Crippen LogP contribution in [-0.2, 0) is 4.74 Å². The minimum absolute atomic E-state index is 0.178. The largest absolute Gasteiger partial charge is 0.372 e. The maximum atomic E-state index is 11.1. The normalized spacial score (nSPS) is 18.4. The van der Waals surface area contributed by atoms with Gasteiger partial charge >= 0.3 is 0 Å². The van der Waals surface area contributed by atoms with E-state index in [4.69, 9.17) is 27.9 Å². The van der Waals surface area contributed by atoms with Crippen LogP contribution in [0, 0.1) is 0 Å². The van der Waals surface area contributed by atoms with E-state index >= 15 is 0 Å². The molecule has 0 saturated carbocycles. The van der Waals surface area contributed by atoms with Gasteiger partial charge in [0, 0.05) is 16.7 Å². The number of hydrogen-bond acceptors (Lipinski definition) is 4. The molecule has 104 valence electrons. The molecule has 1 saturated heterocycles. The lowest BCUT2D eigenvalue weighted by Crippen LogP contribution is -2.09. The second kappa shape index (κ2) is 5.52. The maximum absolute atomic E-state index is 11.1. The molecular weight excluding hydrogens is 301 g/mol. The lowest BCUT2D eigenvalue weighted by Gasteiger charge is -2.12. The molecule has 0 amide bonds. The van der Waals surface area contributed by atoms with Crippen molar-refractivity contribution in [3.63, 3.8) is 0 Å². The Labute approximate surface area is 125 Å². The minimum atomic E-state index is -0.178. The van der Waals surface area contributed by atoms with Gasteiger partial charge in [0.05, 0.1) is 5.69 Å². The highest BCUT2D eigenvalue weighted by Crippen LogP contribution is 2.32. The Hall–Kier alpha value is -1.43. The Morgan fingerprint density at radius 2 is 2.05 bits per heavy atom. The molecule has 2 aromatic rings. The molecule has 20 heavy (non-hydrogen) atoms. The molecule has 0 spiro atoms. The predicted molar refractivity (Wildman–Crippen MR) is 74.7 cm³/mol. The van der Waals surface area contributed by atoms with Crippen molar-refractivity contribution in [3.8, 4) is 5.69 Å². The monoisotopic (exact) mass is 311 g/mol. The highest BCUT2D eigenvalue weighted by Gasteiger charge is 2.27. The van der Waals surface area contributed by atoms with Crippen LogP contribution in [0.4, 0.5) is 0 Å². The first-order chi connectivity index (χ1) is 9.69. The smallest absolute Gasteiger partial charge is 0.172 e. The number of halogens is 2. The Balaban J connectivity index is 2.13. The number of carbonyl (C=O) groups is 1. The standard InChI is InChI=1S/C13H11Cl2N3O2/c14-8-4-9(15)6-10(5-8)18-13(11(7-19)16-17-18)12-2-1-3-20-12/h4-7,12H,1-3H2. The number of hydrogen-bond donors (Lipinski definition) is 0. The van der Waals surface area contributed by atoms with E-state index in [0.29, 0.717) is 34.3 Å². The zero-order valence-electron chi connectivity index (χ0n) is 10.4. The van der Waals surface area contributed by atoms with Gasteiger partial charge in [0.15, 0.2) is 12.0 Å². The maximum Gasteiger partial charge on any atom is 0.172 e. The van der Waals surface area contributed by atoms with E-state index < -0.39 is 0 Å². The summed E-state index contributed by atoms with van der Waals surface area (Å²) >= 11 is 12.0. The van der Waals surface area contributed by atoms with Crippen LogP contribution in [0.1, 0.15) is 35.1 Å². The second-order valence-electron chi connectivity index (χ2n) is 4.52. The molecule has 0 N–H and O–H groups in total. The molecule has 5 nitrogen and oxygen atoms in total. The summed E-state index contributed by atoms with van der Waals surface area (Å²) in [5.74, 6) is 0. The summed E-state index contributed by atoms with van der Waals surface area (Å²) in [6.45, 7) is 0.671. The van der Waals surface area contributed by atoms with E-state index in [2.05, 4.69) is 10.3 Å². The number of carbonyl (C=O) groups excluding carboxylic acids is 1. The Morgan fingerprint density at radius 1 is 1.30 bits per heavy atom. The number of benzene rings is 1. The summed E-state index contributed by atoms with van der Waals surface area (Å²) in [5, 5.41) is 8.90. The van der Waals surface area contributed by atoms with E-state index in [9.17, 15) is 4.79 Å². The van der Waals surface area contributed by atoms with Crippen LogP contribution in [0.2, 0.25) is 10.0 Å². The Kier molecular flexibility index (Phi) is 3.74. The Morgan fingerprint density at radius 3 is 2.65 bits per heavy atom. The number of aldehydes is 1. The summed E-state index contributed by atoms with van der Waals surface area (Å²) in [4.78, 5) is 11.1. The molecule has 7 heteroatoms. The van der Waals surface area contributed by atoms with Gasteiger partial charge in [-0.2, -0.15) is 0 Å². The van der Waals surface area contributed by atoms with Crippen molar-refractivity contribution < 1.29 is 9.53 Å². The van der Waals surface area contributed by atoms with Gasteiger partial charge in [0.25, 0.3) is 0 Å². The van der Waals surface area contributed by atoms with Crippen molar-refractivity contribution in [2.24, 2.45) is 0 Å². The van der Waals surface area contributed by atoms with Crippen molar-refractivity contribution in [2.45, 2.75) is 18.9 Å². The quantitative estimate of drug-likeness (QED) is 0.817. The third-order valence-corrected chi connectivity index (χ3v) is 3.61. The molecule has 2 heterocycles. The molecule has 1 aliphatic heterocycles. The van der Waals surface area contributed by atoms with Gasteiger partial charge in [-0.25, -0.2) is 4.68 Å². The third-order valence-electron chi connectivity index (χ3n) is 3.17. The van der Waals surface area contributed by atoms with E-state index in [1.807, 2.05) is 0 Å². The van der Waals surface area contributed by atoms with Crippen LogP contribution in [0.3, 0.4) is 0 Å². The molecule has 1 fully saturated rings. The van der Waals surface area contributed by atoms with E-state index in [1.54, 1.807) is 22.9 Å². The van der Waals surface area contributed by atoms with Gasteiger partial charge in [0.1, 0.15) is 11.8 Å². The lowest BCUT2D eigenvalue weighted by molar-refractivity contribution is 0.102. The number of aromatic nitrogens is 3. The summed E-state index contributed by atoms with van der Waals surface area (Å²) in [6.07, 6.45) is 2.29. The average molecular weight is 312 g/mol. The van der Waals surface area contributed by atoms with Gasteiger partial charge in [-0.3, -0.25) is 4.79 Å². The number of ether oxygens (including phenoxy) is 1. The first kappa shape index (κ1) is 13.5. The van der Waals surface area contributed by atoms with E-state index in [-0.39, 0.29) is 11.8 Å². The average Bonchev–Trinajstić information content (AvgIpc) is 3.06. The summed E-state index contributed by atoms with van der Waals surface area (Å²) < 4.78 is 7.20. The molecule has 0 bridgehead atoms. The van der Waals surface area contributed by atoms with Gasteiger partial charge in [-0.15, -0.1) is 5.10 Å². The SMILES string of the molecule is O=Cc1nnn(-c2cc(Cl)cc(Cl)c2)c1C1CCCO1. The highest BCUT2D eigenvalue weighted by atomic mass is 35.5. The molecule has 1 unspecified atom stereocenters. The molecule has 1 aromatic carbocycles. The van der Waals surface area contributed by atoms with E-state index in [1.165, 1.54) is 0 Å². The van der Waals surface area contributed by atoms with Crippen LogP contribution in [0.25, 0.3) is 5.69 Å². The third kappa shape index (κ3) is 2.44. The molecule has 3 rings (SSSR count). The number of rotatable bonds is 3. The van der Waals surface area contributed by atoms with Gasteiger partial charge in [-0.1, -0.05) is 28.4 Å². The zero-order valence-corrected chi connectivity index (χ0v) is 11.9. The molecule has 1 atom stereocenters. The number of nitrogens with zero attached hydrogens (tertiary/aromatic N) is 3. The van der Waals surface area contributed by atoms with Crippen molar-refractivity contribution in [1.82, 2.24) is 15.0 Å². The van der Waals surface area contributed by atoms with Crippen LogP contribution in [-0.4, -0.2) is 27.9 Å².